The number of amides is 1. The van der Waals surface area contributed by atoms with Crippen LogP contribution in [0, 0.1) is 0 Å². The first-order valence-corrected chi connectivity index (χ1v) is 12.5. The summed E-state index contributed by atoms with van der Waals surface area (Å²) in [5.41, 5.74) is 4.83. The Morgan fingerprint density at radius 1 is 0.972 bits per heavy atom. The molecule has 5 rings (SSSR count). The Balaban J connectivity index is 1.31. The second-order valence-corrected chi connectivity index (χ2v) is 9.84. The molecule has 1 unspecified atom stereocenters. The molecule has 0 aromatic heterocycles. The van der Waals surface area contributed by atoms with Gasteiger partial charge in [-0.3, -0.25) is 0 Å². The SMILES string of the molecule is O=C(NC(CC1(c2ccccc2Cl)CCOCC1)C(=O)O)OCC1c2ccccc2-c2ccccc21. The molecule has 3 aromatic rings. The first-order chi connectivity index (χ1) is 17.5. The predicted molar refractivity (Wildman–Crippen MR) is 137 cm³/mol. The van der Waals surface area contributed by atoms with Crippen LogP contribution in [-0.2, 0) is 19.7 Å². The van der Waals surface area contributed by atoms with E-state index in [4.69, 9.17) is 21.1 Å². The molecule has 1 amide bonds. The molecule has 0 spiro atoms. The van der Waals surface area contributed by atoms with Gasteiger partial charge in [0.2, 0.25) is 0 Å². The fourth-order valence-electron chi connectivity index (χ4n) is 5.61. The van der Waals surface area contributed by atoms with Crippen LogP contribution in [0.15, 0.2) is 72.8 Å². The Hall–Kier alpha value is -3.35. The molecule has 1 aliphatic carbocycles. The summed E-state index contributed by atoms with van der Waals surface area (Å²) in [6.45, 7) is 1.13. The lowest BCUT2D eigenvalue weighted by molar-refractivity contribution is -0.140. The number of rotatable bonds is 7. The minimum atomic E-state index is -1.13. The molecule has 36 heavy (non-hydrogen) atoms. The first kappa shape index (κ1) is 24.3. The maximum absolute atomic E-state index is 12.8. The molecule has 2 aliphatic rings. The van der Waals surface area contributed by atoms with E-state index in [0.717, 1.165) is 27.8 Å². The second-order valence-electron chi connectivity index (χ2n) is 9.44. The van der Waals surface area contributed by atoms with E-state index >= 15 is 0 Å². The Morgan fingerprint density at radius 3 is 2.17 bits per heavy atom. The molecule has 1 heterocycles. The predicted octanol–water partition coefficient (Wildman–Crippen LogP) is 5.77. The summed E-state index contributed by atoms with van der Waals surface area (Å²) in [7, 11) is 0. The average Bonchev–Trinajstić information content (AvgIpc) is 3.21. The van der Waals surface area contributed by atoms with E-state index in [-0.39, 0.29) is 18.9 Å². The summed E-state index contributed by atoms with van der Waals surface area (Å²) in [6, 6.07) is 22.5. The van der Waals surface area contributed by atoms with Gasteiger partial charge in [-0.15, -0.1) is 0 Å². The van der Waals surface area contributed by atoms with Gasteiger partial charge < -0.3 is 19.9 Å². The zero-order chi connectivity index (χ0) is 25.1. The number of halogens is 1. The number of ether oxygens (including phenoxy) is 2. The molecule has 0 radical (unpaired) electrons. The highest BCUT2D eigenvalue weighted by molar-refractivity contribution is 6.31. The normalized spacial score (nSPS) is 17.0. The maximum Gasteiger partial charge on any atom is 0.407 e. The molecule has 1 aliphatic heterocycles. The maximum atomic E-state index is 12.8. The van der Waals surface area contributed by atoms with Crippen LogP contribution in [0.3, 0.4) is 0 Å². The van der Waals surface area contributed by atoms with E-state index in [1.807, 2.05) is 60.7 Å². The fourth-order valence-corrected chi connectivity index (χ4v) is 5.95. The number of hydrogen-bond donors (Lipinski definition) is 2. The van der Waals surface area contributed by atoms with E-state index in [2.05, 4.69) is 17.4 Å². The first-order valence-electron chi connectivity index (χ1n) is 12.2. The summed E-state index contributed by atoms with van der Waals surface area (Å²) in [6.07, 6.45) is 0.685. The zero-order valence-corrected chi connectivity index (χ0v) is 20.5. The largest absolute Gasteiger partial charge is 0.480 e. The van der Waals surface area contributed by atoms with E-state index in [0.29, 0.717) is 31.1 Å². The number of benzene rings is 3. The van der Waals surface area contributed by atoms with Crippen LogP contribution in [-0.4, -0.2) is 43.0 Å². The lowest BCUT2D eigenvalue weighted by atomic mass is 9.70. The zero-order valence-electron chi connectivity index (χ0n) is 19.8. The van der Waals surface area contributed by atoms with Crippen molar-refractivity contribution < 1.29 is 24.2 Å². The molecule has 0 bridgehead atoms. The van der Waals surface area contributed by atoms with Crippen molar-refractivity contribution in [1.29, 1.82) is 0 Å². The highest BCUT2D eigenvalue weighted by atomic mass is 35.5. The van der Waals surface area contributed by atoms with Crippen LogP contribution in [0.1, 0.15) is 41.9 Å². The van der Waals surface area contributed by atoms with Crippen LogP contribution in [0.4, 0.5) is 4.79 Å². The Labute approximate surface area is 215 Å². The highest BCUT2D eigenvalue weighted by Crippen LogP contribution is 2.45. The van der Waals surface area contributed by atoms with Gasteiger partial charge in [-0.05, 0) is 53.1 Å². The summed E-state index contributed by atoms with van der Waals surface area (Å²) >= 11 is 6.52. The number of fused-ring (bicyclic) bond motifs is 3. The van der Waals surface area contributed by atoms with Crippen LogP contribution >= 0.6 is 11.6 Å². The summed E-state index contributed by atoms with van der Waals surface area (Å²) in [4.78, 5) is 25.1. The van der Waals surface area contributed by atoms with E-state index < -0.39 is 23.5 Å². The Bertz CT molecular complexity index is 1220. The van der Waals surface area contributed by atoms with Crippen LogP contribution < -0.4 is 5.32 Å². The minimum Gasteiger partial charge on any atom is -0.480 e. The fraction of sp³-hybridized carbons (Fsp3) is 0.310. The third-order valence-corrected chi connectivity index (χ3v) is 7.75. The van der Waals surface area contributed by atoms with Gasteiger partial charge in [0.15, 0.2) is 0 Å². The van der Waals surface area contributed by atoms with Crippen molar-refractivity contribution in [1.82, 2.24) is 5.32 Å². The van der Waals surface area contributed by atoms with Gasteiger partial charge in [0.05, 0.1) is 0 Å². The number of nitrogens with one attached hydrogen (secondary N) is 1. The molecule has 0 saturated carbocycles. The molecular formula is C29H28ClNO5. The van der Waals surface area contributed by atoms with Gasteiger partial charge in [-0.25, -0.2) is 9.59 Å². The molecule has 186 valence electrons. The van der Waals surface area contributed by atoms with Gasteiger partial charge >= 0.3 is 12.1 Å². The van der Waals surface area contributed by atoms with E-state index in [9.17, 15) is 14.7 Å². The molecule has 6 nitrogen and oxygen atoms in total. The number of aliphatic carboxylic acids is 1. The third kappa shape index (κ3) is 4.71. The van der Waals surface area contributed by atoms with E-state index in [1.165, 1.54) is 0 Å². The number of carboxylic acid groups (broad SMARTS) is 1. The summed E-state index contributed by atoms with van der Waals surface area (Å²) < 4.78 is 11.2. The van der Waals surface area contributed by atoms with Crippen molar-refractivity contribution in [2.24, 2.45) is 0 Å². The number of carboxylic acids is 1. The number of hydrogen-bond acceptors (Lipinski definition) is 4. The van der Waals surface area contributed by atoms with Gasteiger partial charge in [0, 0.05) is 29.6 Å². The molecule has 7 heteroatoms. The van der Waals surface area contributed by atoms with Crippen molar-refractivity contribution in [3.63, 3.8) is 0 Å². The standard InChI is InChI=1S/C29H28ClNO5/c30-25-12-6-5-11-24(25)29(13-15-35-16-14-29)17-26(27(32)33)31-28(34)36-18-23-21-9-3-1-7-19(21)20-8-2-4-10-22(20)23/h1-12,23,26H,13-18H2,(H,31,34)(H,32,33). The van der Waals surface area contributed by atoms with Gasteiger partial charge in [0.1, 0.15) is 12.6 Å². The highest BCUT2D eigenvalue weighted by Gasteiger charge is 2.40. The van der Waals surface area contributed by atoms with Gasteiger partial charge in [0.25, 0.3) is 0 Å². The Kier molecular flexibility index (Phi) is 6.99. The van der Waals surface area contributed by atoms with Crippen LogP contribution in [0.2, 0.25) is 5.02 Å². The van der Waals surface area contributed by atoms with Crippen molar-refractivity contribution in [3.05, 3.63) is 94.5 Å². The third-order valence-electron chi connectivity index (χ3n) is 7.42. The summed E-state index contributed by atoms with van der Waals surface area (Å²) in [5, 5.41) is 13.2. The van der Waals surface area contributed by atoms with E-state index in [1.54, 1.807) is 0 Å². The minimum absolute atomic E-state index is 0.101. The average molecular weight is 506 g/mol. The lowest BCUT2D eigenvalue weighted by Crippen LogP contribution is -2.47. The topological polar surface area (TPSA) is 84.9 Å². The smallest absolute Gasteiger partial charge is 0.407 e. The van der Waals surface area contributed by atoms with Crippen LogP contribution in [0.5, 0.6) is 0 Å². The van der Waals surface area contributed by atoms with Crippen molar-refractivity contribution >= 4 is 23.7 Å². The molecule has 3 aromatic carbocycles. The quantitative estimate of drug-likeness (QED) is 0.426. The second kappa shape index (κ2) is 10.3. The van der Waals surface area contributed by atoms with Crippen LogP contribution in [0.25, 0.3) is 11.1 Å². The van der Waals surface area contributed by atoms with Gasteiger partial charge in [-0.2, -0.15) is 0 Å². The number of alkyl carbamates (subject to hydrolysis) is 1. The molecule has 1 saturated heterocycles. The summed E-state index contributed by atoms with van der Waals surface area (Å²) in [5.74, 6) is -1.21. The van der Waals surface area contributed by atoms with Crippen molar-refractivity contribution in [2.75, 3.05) is 19.8 Å². The number of carbonyl (C=O) groups is 2. The number of carbonyl (C=O) groups excluding carboxylic acids is 1. The van der Waals surface area contributed by atoms with Gasteiger partial charge in [-0.1, -0.05) is 78.3 Å². The monoisotopic (exact) mass is 505 g/mol. The van der Waals surface area contributed by atoms with Crippen molar-refractivity contribution in [2.45, 2.75) is 36.6 Å². The molecule has 2 N–H and O–H groups in total. The molecule has 1 atom stereocenters. The molecule has 1 fully saturated rings. The Morgan fingerprint density at radius 2 is 1.56 bits per heavy atom. The van der Waals surface area contributed by atoms with Crippen molar-refractivity contribution in [3.8, 4) is 11.1 Å². The lowest BCUT2D eigenvalue weighted by Gasteiger charge is -2.40. The molecular weight excluding hydrogens is 478 g/mol.